The second-order valence-corrected chi connectivity index (χ2v) is 7.00. The molecule has 1 heterocycles. The van der Waals surface area contributed by atoms with Gasteiger partial charge in [0, 0.05) is 29.5 Å². The summed E-state index contributed by atoms with van der Waals surface area (Å²) in [6.45, 7) is 1.08. The standard InChI is InChI=1S/C17H20N2S/c18-16-10-17(15-6-2-1-5-14(15)16)19(12-7-8-12)11-13-4-3-9-20-13/h1-6,9,12,16-17H,7-8,10-11,18H2. The average molecular weight is 284 g/mol. The molecule has 4 rings (SSSR count). The van der Waals surface area contributed by atoms with Crippen molar-refractivity contribution in [1.82, 2.24) is 4.90 Å². The van der Waals surface area contributed by atoms with Gasteiger partial charge in [-0.2, -0.15) is 0 Å². The van der Waals surface area contributed by atoms with Gasteiger partial charge in [-0.15, -0.1) is 11.3 Å². The number of fused-ring (bicyclic) bond motifs is 1. The van der Waals surface area contributed by atoms with Crippen molar-refractivity contribution in [3.05, 3.63) is 57.8 Å². The third-order valence-electron chi connectivity index (χ3n) is 4.57. The van der Waals surface area contributed by atoms with Crippen LogP contribution in [0.4, 0.5) is 0 Å². The fourth-order valence-electron chi connectivity index (χ4n) is 3.44. The largest absolute Gasteiger partial charge is 0.324 e. The van der Waals surface area contributed by atoms with E-state index in [1.165, 1.54) is 28.8 Å². The van der Waals surface area contributed by atoms with Crippen LogP contribution in [0.2, 0.25) is 0 Å². The van der Waals surface area contributed by atoms with Gasteiger partial charge in [-0.3, -0.25) is 4.90 Å². The molecule has 1 aromatic heterocycles. The number of thiophene rings is 1. The molecule has 2 nitrogen and oxygen atoms in total. The van der Waals surface area contributed by atoms with Crippen LogP contribution in [0, 0.1) is 0 Å². The third kappa shape index (κ3) is 2.20. The summed E-state index contributed by atoms with van der Waals surface area (Å²) in [5.74, 6) is 0. The first-order valence-corrected chi connectivity index (χ1v) is 8.33. The predicted octanol–water partition coefficient (Wildman–Crippen LogP) is 3.86. The fourth-order valence-corrected chi connectivity index (χ4v) is 4.16. The first-order valence-electron chi connectivity index (χ1n) is 7.45. The number of nitrogens with two attached hydrogens (primary N) is 1. The molecule has 0 radical (unpaired) electrons. The van der Waals surface area contributed by atoms with Gasteiger partial charge in [-0.1, -0.05) is 30.3 Å². The quantitative estimate of drug-likeness (QED) is 0.924. The Morgan fingerprint density at radius 2 is 1.90 bits per heavy atom. The maximum Gasteiger partial charge on any atom is 0.0376 e. The number of benzene rings is 1. The summed E-state index contributed by atoms with van der Waals surface area (Å²) in [6, 6.07) is 14.6. The van der Waals surface area contributed by atoms with E-state index in [9.17, 15) is 0 Å². The van der Waals surface area contributed by atoms with Crippen molar-refractivity contribution >= 4 is 11.3 Å². The maximum absolute atomic E-state index is 6.34. The third-order valence-corrected chi connectivity index (χ3v) is 5.43. The first-order chi connectivity index (χ1) is 9.83. The molecule has 0 amide bonds. The van der Waals surface area contributed by atoms with Gasteiger partial charge in [0.15, 0.2) is 0 Å². The van der Waals surface area contributed by atoms with Gasteiger partial charge in [0.25, 0.3) is 0 Å². The molecule has 2 atom stereocenters. The highest BCUT2D eigenvalue weighted by Crippen LogP contribution is 2.45. The number of rotatable bonds is 4. The van der Waals surface area contributed by atoms with Crippen LogP contribution in [0.15, 0.2) is 41.8 Å². The van der Waals surface area contributed by atoms with Gasteiger partial charge in [0.1, 0.15) is 0 Å². The van der Waals surface area contributed by atoms with Gasteiger partial charge >= 0.3 is 0 Å². The van der Waals surface area contributed by atoms with Crippen molar-refractivity contribution in [3.63, 3.8) is 0 Å². The summed E-state index contributed by atoms with van der Waals surface area (Å²) in [6.07, 6.45) is 3.76. The molecule has 3 heteroatoms. The normalized spacial score (nSPS) is 25.1. The van der Waals surface area contributed by atoms with E-state index in [1.54, 1.807) is 0 Å². The Labute approximate surface area is 124 Å². The molecule has 1 fully saturated rings. The number of hydrogen-bond acceptors (Lipinski definition) is 3. The summed E-state index contributed by atoms with van der Waals surface area (Å²) in [5, 5.41) is 2.18. The van der Waals surface area contributed by atoms with Crippen molar-refractivity contribution in [3.8, 4) is 0 Å². The maximum atomic E-state index is 6.34. The van der Waals surface area contributed by atoms with Crippen LogP contribution in [0.3, 0.4) is 0 Å². The minimum atomic E-state index is 0.209. The molecule has 2 aliphatic carbocycles. The molecule has 0 bridgehead atoms. The van der Waals surface area contributed by atoms with E-state index in [4.69, 9.17) is 5.73 Å². The van der Waals surface area contributed by atoms with E-state index >= 15 is 0 Å². The van der Waals surface area contributed by atoms with E-state index in [2.05, 4.69) is 46.7 Å². The zero-order valence-electron chi connectivity index (χ0n) is 11.5. The Balaban J connectivity index is 1.64. The SMILES string of the molecule is NC1CC(N(Cc2cccs2)C2CC2)c2ccccc21. The van der Waals surface area contributed by atoms with Crippen molar-refractivity contribution in [2.45, 2.75) is 43.9 Å². The highest BCUT2D eigenvalue weighted by Gasteiger charge is 2.39. The van der Waals surface area contributed by atoms with Crippen LogP contribution in [-0.4, -0.2) is 10.9 Å². The molecule has 0 saturated heterocycles. The minimum Gasteiger partial charge on any atom is -0.324 e. The summed E-state index contributed by atoms with van der Waals surface area (Å²) >= 11 is 1.86. The lowest BCUT2D eigenvalue weighted by molar-refractivity contribution is 0.174. The van der Waals surface area contributed by atoms with Gasteiger partial charge in [-0.25, -0.2) is 0 Å². The summed E-state index contributed by atoms with van der Waals surface area (Å²) in [7, 11) is 0. The zero-order valence-corrected chi connectivity index (χ0v) is 12.4. The van der Waals surface area contributed by atoms with Gasteiger partial charge < -0.3 is 5.73 Å². The van der Waals surface area contributed by atoms with Crippen LogP contribution < -0.4 is 5.73 Å². The lowest BCUT2D eigenvalue weighted by atomic mass is 10.1. The molecule has 2 aromatic rings. The van der Waals surface area contributed by atoms with Crippen LogP contribution in [-0.2, 0) is 6.54 Å². The van der Waals surface area contributed by atoms with Crippen LogP contribution in [0.25, 0.3) is 0 Å². The molecule has 104 valence electrons. The monoisotopic (exact) mass is 284 g/mol. The molecule has 2 aliphatic rings. The van der Waals surface area contributed by atoms with Crippen molar-refractivity contribution in [2.24, 2.45) is 5.73 Å². The van der Waals surface area contributed by atoms with E-state index in [0.29, 0.717) is 6.04 Å². The number of nitrogens with zero attached hydrogens (tertiary/aromatic N) is 1. The molecule has 0 aliphatic heterocycles. The Morgan fingerprint density at radius 3 is 2.60 bits per heavy atom. The summed E-state index contributed by atoms with van der Waals surface area (Å²) in [4.78, 5) is 4.16. The zero-order chi connectivity index (χ0) is 13.5. The topological polar surface area (TPSA) is 29.3 Å². The Hall–Kier alpha value is -1.16. The molecule has 2 N–H and O–H groups in total. The van der Waals surface area contributed by atoms with Gasteiger partial charge in [-0.05, 0) is 41.8 Å². The average Bonchev–Trinajstić information content (AvgIpc) is 3.08. The van der Waals surface area contributed by atoms with Gasteiger partial charge in [0.05, 0.1) is 0 Å². The molecule has 1 saturated carbocycles. The van der Waals surface area contributed by atoms with E-state index in [-0.39, 0.29) is 6.04 Å². The van der Waals surface area contributed by atoms with Gasteiger partial charge in [0.2, 0.25) is 0 Å². The number of hydrogen-bond donors (Lipinski definition) is 1. The Morgan fingerprint density at radius 1 is 1.10 bits per heavy atom. The lowest BCUT2D eigenvalue weighted by Crippen LogP contribution is -2.29. The van der Waals surface area contributed by atoms with E-state index < -0.39 is 0 Å². The molecular formula is C17H20N2S. The molecule has 2 unspecified atom stereocenters. The predicted molar refractivity (Wildman–Crippen MR) is 83.6 cm³/mol. The van der Waals surface area contributed by atoms with Crippen molar-refractivity contribution < 1.29 is 0 Å². The highest BCUT2D eigenvalue weighted by atomic mass is 32.1. The van der Waals surface area contributed by atoms with Crippen LogP contribution in [0.5, 0.6) is 0 Å². The summed E-state index contributed by atoms with van der Waals surface area (Å²) in [5.41, 5.74) is 9.16. The van der Waals surface area contributed by atoms with Crippen LogP contribution in [0.1, 0.15) is 47.4 Å². The van der Waals surface area contributed by atoms with Crippen LogP contribution >= 0.6 is 11.3 Å². The molecule has 1 aromatic carbocycles. The van der Waals surface area contributed by atoms with Crippen molar-refractivity contribution in [1.29, 1.82) is 0 Å². The highest BCUT2D eigenvalue weighted by molar-refractivity contribution is 7.09. The Bertz CT molecular complexity index is 589. The molecule has 0 spiro atoms. The molecular weight excluding hydrogens is 264 g/mol. The van der Waals surface area contributed by atoms with E-state index in [0.717, 1.165) is 19.0 Å². The fraction of sp³-hybridized carbons (Fsp3) is 0.412. The second-order valence-electron chi connectivity index (χ2n) is 5.97. The lowest BCUT2D eigenvalue weighted by Gasteiger charge is -2.29. The Kier molecular flexibility index (Phi) is 3.14. The van der Waals surface area contributed by atoms with Crippen molar-refractivity contribution in [2.75, 3.05) is 0 Å². The first kappa shape index (κ1) is 12.6. The second kappa shape index (κ2) is 4.99. The van der Waals surface area contributed by atoms with E-state index in [1.807, 2.05) is 11.3 Å². The molecule has 20 heavy (non-hydrogen) atoms. The smallest absolute Gasteiger partial charge is 0.0376 e. The minimum absolute atomic E-state index is 0.209. The summed E-state index contributed by atoms with van der Waals surface area (Å²) < 4.78 is 0.